The number of amides is 1. The number of carbonyl (C=O) groups is 1. The van der Waals surface area contributed by atoms with Crippen molar-refractivity contribution in [1.82, 2.24) is 14.8 Å². The molecule has 0 unspecified atom stereocenters. The Labute approximate surface area is 149 Å². The molecule has 2 aliphatic heterocycles. The van der Waals surface area contributed by atoms with Gasteiger partial charge in [-0.1, -0.05) is 6.07 Å². The van der Waals surface area contributed by atoms with E-state index in [1.54, 1.807) is 0 Å². The third kappa shape index (κ3) is 4.03. The molecule has 24 heavy (non-hydrogen) atoms. The Kier molecular flexibility index (Phi) is 5.66. The average Bonchev–Trinajstić information content (AvgIpc) is 3.09. The number of aromatic nitrogens is 1. The summed E-state index contributed by atoms with van der Waals surface area (Å²) in [7, 11) is 2.09. The Bertz CT molecular complexity index is 576. The maximum Gasteiger partial charge on any atom is 0.237 e. The fourth-order valence-corrected chi connectivity index (χ4v) is 4.84. The zero-order valence-corrected chi connectivity index (χ0v) is 15.8. The zero-order valence-electron chi connectivity index (χ0n) is 14.9. The van der Waals surface area contributed by atoms with E-state index in [0.717, 1.165) is 36.9 Å². The normalized spacial score (nSPS) is 24.7. The highest BCUT2D eigenvalue weighted by molar-refractivity contribution is 7.99. The van der Waals surface area contributed by atoms with Crippen molar-refractivity contribution in [2.45, 2.75) is 32.4 Å². The van der Waals surface area contributed by atoms with Crippen molar-refractivity contribution < 1.29 is 4.79 Å². The van der Waals surface area contributed by atoms with Crippen molar-refractivity contribution in [3.05, 3.63) is 23.9 Å². The Morgan fingerprint density at radius 2 is 2.25 bits per heavy atom. The summed E-state index contributed by atoms with van der Waals surface area (Å²) in [4.78, 5) is 23.9. The van der Waals surface area contributed by atoms with Crippen LogP contribution in [0.25, 0.3) is 0 Å². The Hall–Kier alpha value is -1.27. The fourth-order valence-electron chi connectivity index (χ4n) is 3.54. The van der Waals surface area contributed by atoms with Crippen molar-refractivity contribution in [2.24, 2.45) is 0 Å². The molecule has 0 bridgehead atoms. The Balaban J connectivity index is 1.56. The lowest BCUT2D eigenvalue weighted by atomic mass is 10.1. The third-order valence-electron chi connectivity index (χ3n) is 5.06. The first kappa shape index (κ1) is 17.5. The first-order valence-corrected chi connectivity index (χ1v) is 9.96. The number of carbonyl (C=O) groups excluding carboxylic acids is 1. The van der Waals surface area contributed by atoms with Crippen LogP contribution >= 0.6 is 11.8 Å². The molecule has 0 N–H and O–H groups in total. The zero-order chi connectivity index (χ0) is 17.1. The predicted molar refractivity (Wildman–Crippen MR) is 101 cm³/mol. The molecule has 132 valence electrons. The molecule has 1 amide bonds. The van der Waals surface area contributed by atoms with Gasteiger partial charge in [0.1, 0.15) is 5.82 Å². The minimum Gasteiger partial charge on any atom is -0.353 e. The van der Waals surface area contributed by atoms with Crippen molar-refractivity contribution in [1.29, 1.82) is 0 Å². The van der Waals surface area contributed by atoms with Crippen molar-refractivity contribution in [3.63, 3.8) is 0 Å². The number of hydrogen-bond donors (Lipinski definition) is 0. The summed E-state index contributed by atoms with van der Waals surface area (Å²) in [6.07, 6.45) is 1.21. The van der Waals surface area contributed by atoms with Crippen LogP contribution in [0.15, 0.2) is 18.2 Å². The van der Waals surface area contributed by atoms with E-state index in [1.165, 1.54) is 12.2 Å². The molecule has 2 aliphatic rings. The smallest absolute Gasteiger partial charge is 0.237 e. The van der Waals surface area contributed by atoms with Crippen LogP contribution in [0.2, 0.25) is 0 Å². The second-order valence-electron chi connectivity index (χ2n) is 6.95. The van der Waals surface area contributed by atoms with Crippen molar-refractivity contribution in [3.8, 4) is 0 Å². The molecule has 1 aromatic heterocycles. The van der Waals surface area contributed by atoms with E-state index in [4.69, 9.17) is 0 Å². The number of thioether (sulfide) groups is 1. The predicted octanol–water partition coefficient (Wildman–Crippen LogP) is 1.86. The summed E-state index contributed by atoms with van der Waals surface area (Å²) in [6.45, 7) is 7.19. The third-order valence-corrected chi connectivity index (χ3v) is 6.20. The van der Waals surface area contributed by atoms with E-state index in [9.17, 15) is 4.79 Å². The molecule has 0 aliphatic carbocycles. The second kappa shape index (κ2) is 7.74. The van der Waals surface area contributed by atoms with Crippen LogP contribution < -0.4 is 4.90 Å². The summed E-state index contributed by atoms with van der Waals surface area (Å²) in [5.41, 5.74) is 1.04. The van der Waals surface area contributed by atoms with E-state index in [1.807, 2.05) is 29.7 Å². The number of pyridine rings is 1. The molecule has 2 atom stereocenters. The molecule has 3 rings (SSSR count). The Morgan fingerprint density at radius 1 is 1.42 bits per heavy atom. The largest absolute Gasteiger partial charge is 0.353 e. The maximum atomic E-state index is 12.7. The van der Waals surface area contributed by atoms with Crippen LogP contribution in [-0.2, 0) is 4.79 Å². The number of likely N-dealkylation sites (N-methyl/N-ethyl adjacent to an activating group) is 1. The Morgan fingerprint density at radius 3 is 2.92 bits per heavy atom. The molecule has 0 saturated carbocycles. The number of aryl methyl sites for hydroxylation is 1. The lowest BCUT2D eigenvalue weighted by Gasteiger charge is -2.41. The molecule has 3 heterocycles. The van der Waals surface area contributed by atoms with Crippen LogP contribution in [0, 0.1) is 6.92 Å². The van der Waals surface area contributed by atoms with Crippen molar-refractivity contribution >= 4 is 23.5 Å². The molecule has 6 heteroatoms. The molecule has 2 saturated heterocycles. The van der Waals surface area contributed by atoms with Gasteiger partial charge in [-0.3, -0.25) is 9.69 Å². The number of piperazine rings is 1. The minimum absolute atomic E-state index is 0.222. The summed E-state index contributed by atoms with van der Waals surface area (Å²) < 4.78 is 0. The minimum atomic E-state index is 0.222. The van der Waals surface area contributed by atoms with E-state index in [-0.39, 0.29) is 11.9 Å². The second-order valence-corrected chi connectivity index (χ2v) is 8.10. The summed E-state index contributed by atoms with van der Waals surface area (Å²) in [6, 6.07) is 6.91. The van der Waals surface area contributed by atoms with Crippen LogP contribution in [0.5, 0.6) is 0 Å². The first-order valence-electron chi connectivity index (χ1n) is 8.80. The summed E-state index contributed by atoms with van der Waals surface area (Å²) >= 11 is 1.99. The molecule has 0 spiro atoms. The van der Waals surface area contributed by atoms with Gasteiger partial charge in [-0.05, 0) is 45.2 Å². The highest BCUT2D eigenvalue weighted by Crippen LogP contribution is 2.22. The molecular weight excluding hydrogens is 320 g/mol. The number of rotatable bonds is 4. The van der Waals surface area contributed by atoms with Crippen LogP contribution in [-0.4, -0.2) is 77.5 Å². The van der Waals surface area contributed by atoms with Crippen LogP contribution in [0.3, 0.4) is 0 Å². The molecular formula is C18H28N4OS. The topological polar surface area (TPSA) is 39.7 Å². The van der Waals surface area contributed by atoms with Gasteiger partial charge in [-0.15, -0.1) is 0 Å². The SMILES string of the molecule is Cc1cccc(N2CCN(C(=O)CN(C)[C@H]3CCSC3)[C@@H](C)C2)n1. The lowest BCUT2D eigenvalue weighted by molar-refractivity contribution is -0.134. The quantitative estimate of drug-likeness (QED) is 0.831. The van der Waals surface area contributed by atoms with Gasteiger partial charge in [0.15, 0.2) is 0 Å². The van der Waals surface area contributed by atoms with E-state index >= 15 is 0 Å². The van der Waals surface area contributed by atoms with Gasteiger partial charge in [0.05, 0.1) is 6.54 Å². The first-order chi connectivity index (χ1) is 11.5. The van der Waals surface area contributed by atoms with E-state index in [2.05, 4.69) is 40.9 Å². The average molecular weight is 349 g/mol. The maximum absolute atomic E-state index is 12.7. The number of nitrogens with zero attached hydrogens (tertiary/aromatic N) is 4. The van der Waals surface area contributed by atoms with Crippen molar-refractivity contribution in [2.75, 3.05) is 49.6 Å². The molecule has 5 nitrogen and oxygen atoms in total. The molecule has 0 radical (unpaired) electrons. The monoisotopic (exact) mass is 348 g/mol. The van der Waals surface area contributed by atoms with E-state index < -0.39 is 0 Å². The number of hydrogen-bond acceptors (Lipinski definition) is 5. The highest BCUT2D eigenvalue weighted by atomic mass is 32.2. The molecule has 1 aromatic rings. The standard InChI is InChI=1S/C18H28N4OS/c1-14-5-4-6-17(19-14)21-8-9-22(15(2)11-21)18(23)12-20(3)16-7-10-24-13-16/h4-6,15-16H,7-13H2,1-3H3/t15-,16-/m0/s1. The van der Waals surface area contributed by atoms with E-state index in [0.29, 0.717) is 12.6 Å². The van der Waals surface area contributed by atoms with Gasteiger partial charge in [0.25, 0.3) is 0 Å². The lowest BCUT2D eigenvalue weighted by Crippen LogP contribution is -2.56. The number of anilines is 1. The summed E-state index contributed by atoms with van der Waals surface area (Å²) in [5, 5.41) is 0. The van der Waals surface area contributed by atoms with Gasteiger partial charge in [-0.2, -0.15) is 11.8 Å². The van der Waals surface area contributed by atoms with Gasteiger partial charge in [-0.25, -0.2) is 4.98 Å². The van der Waals surface area contributed by atoms with Gasteiger partial charge < -0.3 is 9.80 Å². The van der Waals surface area contributed by atoms with Gasteiger partial charge in [0.2, 0.25) is 5.91 Å². The highest BCUT2D eigenvalue weighted by Gasteiger charge is 2.30. The van der Waals surface area contributed by atoms with Gasteiger partial charge in [0, 0.05) is 43.2 Å². The van der Waals surface area contributed by atoms with Crippen LogP contribution in [0.4, 0.5) is 5.82 Å². The summed E-state index contributed by atoms with van der Waals surface area (Å²) in [5.74, 6) is 3.67. The van der Waals surface area contributed by atoms with Gasteiger partial charge >= 0.3 is 0 Å². The molecule has 0 aromatic carbocycles. The molecule has 2 fully saturated rings. The fraction of sp³-hybridized carbons (Fsp3) is 0.667. The van der Waals surface area contributed by atoms with Crippen LogP contribution in [0.1, 0.15) is 19.0 Å².